The first kappa shape index (κ1) is 20.7. The number of hydroxylamine groups is 1. The van der Waals surface area contributed by atoms with Gasteiger partial charge in [-0.25, -0.2) is 18.9 Å². The maximum Gasteiger partial charge on any atom is 0.261 e. The molecule has 0 saturated carbocycles. The molecule has 3 N–H and O–H groups in total. The summed E-state index contributed by atoms with van der Waals surface area (Å²) in [6, 6.07) is 13.3. The lowest BCUT2D eigenvalue weighted by molar-refractivity contribution is -0.131. The van der Waals surface area contributed by atoms with Gasteiger partial charge >= 0.3 is 0 Å². The molecule has 148 valence electrons. The van der Waals surface area contributed by atoms with Crippen LogP contribution in [0.4, 0.5) is 0 Å². The third kappa shape index (κ3) is 4.70. The van der Waals surface area contributed by atoms with Crippen molar-refractivity contribution in [1.82, 2.24) is 15.2 Å². The number of benzene rings is 2. The van der Waals surface area contributed by atoms with Crippen LogP contribution in [0.3, 0.4) is 0 Å². The number of sulfonamides is 1. The van der Waals surface area contributed by atoms with Gasteiger partial charge in [0.2, 0.25) is 10.0 Å². The number of nitrogens with zero attached hydrogens (tertiary/aromatic N) is 1. The van der Waals surface area contributed by atoms with Crippen molar-refractivity contribution in [2.75, 3.05) is 0 Å². The quantitative estimate of drug-likeness (QED) is 0.387. The average molecular weight is 438 g/mol. The van der Waals surface area contributed by atoms with Crippen molar-refractivity contribution in [3.63, 3.8) is 0 Å². The first-order valence-corrected chi connectivity index (χ1v) is 11.5. The van der Waals surface area contributed by atoms with Crippen LogP contribution in [0.5, 0.6) is 0 Å². The molecule has 3 aromatic rings. The fraction of sp³-hybridized carbons (Fsp3) is 0.222. The Balaban J connectivity index is 1.87. The zero-order chi connectivity index (χ0) is 20.3. The van der Waals surface area contributed by atoms with E-state index in [0.29, 0.717) is 5.52 Å². The molecule has 0 bridgehead atoms. The molecular formula is C18H19N3O4S3. The molecule has 7 nitrogen and oxygen atoms in total. The van der Waals surface area contributed by atoms with Gasteiger partial charge in [-0.2, -0.15) is 4.72 Å². The summed E-state index contributed by atoms with van der Waals surface area (Å²) >= 11 is 2.91. The van der Waals surface area contributed by atoms with Crippen molar-refractivity contribution < 1.29 is 18.4 Å². The van der Waals surface area contributed by atoms with Gasteiger partial charge in [-0.1, -0.05) is 43.8 Å². The first-order valence-electron chi connectivity index (χ1n) is 8.40. The Morgan fingerprint density at radius 3 is 2.54 bits per heavy atom. The topological polar surface area (TPSA) is 108 Å². The van der Waals surface area contributed by atoms with E-state index in [9.17, 15) is 13.2 Å². The summed E-state index contributed by atoms with van der Waals surface area (Å²) in [4.78, 5) is 17.4. The minimum atomic E-state index is -3.95. The molecule has 0 spiro atoms. The second-order valence-corrected chi connectivity index (χ2v) is 10.4. The Morgan fingerprint density at radius 1 is 1.18 bits per heavy atom. The Labute approximate surface area is 171 Å². The van der Waals surface area contributed by atoms with Crippen molar-refractivity contribution in [1.29, 1.82) is 0 Å². The fourth-order valence-electron chi connectivity index (χ4n) is 2.48. The highest BCUT2D eigenvalue weighted by Gasteiger charge is 2.28. The third-order valence-electron chi connectivity index (χ3n) is 3.94. The van der Waals surface area contributed by atoms with Gasteiger partial charge in [0.05, 0.1) is 15.1 Å². The molecule has 0 aliphatic carbocycles. The molecular weight excluding hydrogens is 418 g/mol. The molecule has 3 rings (SSSR count). The van der Waals surface area contributed by atoms with E-state index in [-0.39, 0.29) is 10.8 Å². The number of hydrogen-bond donors (Lipinski definition) is 3. The Kier molecular flexibility index (Phi) is 6.36. The van der Waals surface area contributed by atoms with Crippen molar-refractivity contribution in [3.05, 3.63) is 48.5 Å². The van der Waals surface area contributed by atoms with Crippen molar-refractivity contribution in [3.8, 4) is 0 Å². The Morgan fingerprint density at radius 2 is 1.89 bits per heavy atom. The lowest BCUT2D eigenvalue weighted by atomic mass is 10.1. The van der Waals surface area contributed by atoms with E-state index >= 15 is 0 Å². The summed E-state index contributed by atoms with van der Waals surface area (Å²) in [7, 11) is -3.95. The van der Waals surface area contributed by atoms with Gasteiger partial charge in [0.15, 0.2) is 4.34 Å². The van der Waals surface area contributed by atoms with Gasteiger partial charge < -0.3 is 0 Å². The van der Waals surface area contributed by atoms with E-state index in [0.717, 1.165) is 13.9 Å². The Hall–Kier alpha value is -1.98. The molecule has 1 aromatic heterocycles. The normalized spacial score (nSPS) is 13.0. The predicted octanol–water partition coefficient (Wildman–Crippen LogP) is 3.26. The summed E-state index contributed by atoms with van der Waals surface area (Å²) < 4.78 is 29.3. The van der Waals surface area contributed by atoms with Crippen molar-refractivity contribution >= 4 is 49.2 Å². The highest BCUT2D eigenvalue weighted by atomic mass is 32.2. The van der Waals surface area contributed by atoms with E-state index in [1.165, 1.54) is 34.6 Å². The van der Waals surface area contributed by atoms with Crippen LogP contribution in [0.25, 0.3) is 10.2 Å². The highest BCUT2D eigenvalue weighted by Crippen LogP contribution is 2.35. The molecule has 0 aliphatic rings. The molecule has 1 atom stereocenters. The van der Waals surface area contributed by atoms with Crippen LogP contribution in [-0.4, -0.2) is 30.6 Å². The van der Waals surface area contributed by atoms with E-state index in [4.69, 9.17) is 5.21 Å². The van der Waals surface area contributed by atoms with Gasteiger partial charge in [0.1, 0.15) is 6.04 Å². The number of hydrogen-bond acceptors (Lipinski definition) is 7. The number of carbonyl (C=O) groups is 1. The molecule has 0 radical (unpaired) electrons. The number of rotatable bonds is 7. The zero-order valence-corrected chi connectivity index (χ0v) is 17.6. The van der Waals surface area contributed by atoms with E-state index < -0.39 is 22.0 Å². The number of amides is 1. The lowest BCUT2D eigenvalue weighted by Gasteiger charge is -2.20. The second kappa shape index (κ2) is 8.58. The van der Waals surface area contributed by atoms with Gasteiger partial charge in [0, 0.05) is 4.90 Å². The van der Waals surface area contributed by atoms with Crippen LogP contribution >= 0.6 is 23.1 Å². The molecule has 0 aliphatic heterocycles. The largest absolute Gasteiger partial charge is 0.289 e. The lowest BCUT2D eigenvalue weighted by Crippen LogP contribution is -2.48. The molecule has 1 amide bonds. The number of carbonyl (C=O) groups excluding carboxylic acids is 1. The average Bonchev–Trinajstić information content (AvgIpc) is 3.07. The third-order valence-corrected chi connectivity index (χ3v) is 7.47. The first-order chi connectivity index (χ1) is 13.3. The zero-order valence-electron chi connectivity index (χ0n) is 15.1. The standard InChI is InChI=1S/C18H19N3O4S3/c1-11(2)16(17(22)20-23)21-28(24,25)13-8-9-14-15(10-13)27-18(19-14)26-12-6-4-3-5-7-12/h3-11,16,21,23H,1-2H3,(H,20,22)/t16-/m1/s1. The van der Waals surface area contributed by atoms with Crippen molar-refractivity contribution in [2.45, 2.75) is 34.0 Å². The van der Waals surface area contributed by atoms with Crippen LogP contribution in [0, 0.1) is 5.92 Å². The molecule has 2 aromatic carbocycles. The summed E-state index contributed by atoms with van der Waals surface area (Å²) in [6.45, 7) is 3.36. The maximum atomic E-state index is 12.7. The van der Waals surface area contributed by atoms with Crippen LogP contribution in [-0.2, 0) is 14.8 Å². The van der Waals surface area contributed by atoms with E-state index in [1.807, 2.05) is 30.3 Å². The van der Waals surface area contributed by atoms with Crippen LogP contribution < -0.4 is 10.2 Å². The molecule has 0 saturated heterocycles. The van der Waals surface area contributed by atoms with E-state index in [1.54, 1.807) is 26.0 Å². The molecule has 0 fully saturated rings. The van der Waals surface area contributed by atoms with Gasteiger partial charge in [-0.05, 0) is 36.2 Å². The van der Waals surface area contributed by atoms with Gasteiger partial charge in [0.25, 0.3) is 5.91 Å². The number of aromatic nitrogens is 1. The summed E-state index contributed by atoms with van der Waals surface area (Å²) in [5, 5.41) is 8.84. The summed E-state index contributed by atoms with van der Waals surface area (Å²) in [5.41, 5.74) is 2.20. The maximum absolute atomic E-state index is 12.7. The molecule has 0 unspecified atom stereocenters. The number of thiazole rings is 1. The second-order valence-electron chi connectivity index (χ2n) is 6.34. The van der Waals surface area contributed by atoms with Crippen LogP contribution in [0.15, 0.2) is 62.7 Å². The highest BCUT2D eigenvalue weighted by molar-refractivity contribution is 8.01. The summed E-state index contributed by atoms with van der Waals surface area (Å²) in [5.74, 6) is -1.15. The number of nitrogens with one attached hydrogen (secondary N) is 2. The monoisotopic (exact) mass is 437 g/mol. The van der Waals surface area contributed by atoms with Crippen LogP contribution in [0.1, 0.15) is 13.8 Å². The Bertz CT molecular complexity index is 1080. The van der Waals surface area contributed by atoms with Crippen molar-refractivity contribution in [2.24, 2.45) is 5.92 Å². The van der Waals surface area contributed by atoms with E-state index in [2.05, 4.69) is 9.71 Å². The van der Waals surface area contributed by atoms with Gasteiger partial charge in [-0.15, -0.1) is 11.3 Å². The van der Waals surface area contributed by atoms with Gasteiger partial charge in [-0.3, -0.25) is 10.0 Å². The molecule has 28 heavy (non-hydrogen) atoms. The summed E-state index contributed by atoms with van der Waals surface area (Å²) in [6.07, 6.45) is 0. The predicted molar refractivity (Wildman–Crippen MR) is 109 cm³/mol. The smallest absolute Gasteiger partial charge is 0.261 e. The fourth-order valence-corrected chi connectivity index (χ4v) is 6.03. The SMILES string of the molecule is CC(C)[C@@H](NS(=O)(=O)c1ccc2nc(Sc3ccccc3)sc2c1)C(=O)NO. The van der Waals surface area contributed by atoms with Crippen LogP contribution in [0.2, 0.25) is 0 Å². The minimum Gasteiger partial charge on any atom is -0.289 e. The molecule has 10 heteroatoms. The molecule has 1 heterocycles. The minimum absolute atomic E-state index is 0.0382. The number of fused-ring (bicyclic) bond motifs is 1.